The van der Waals surface area contributed by atoms with E-state index in [2.05, 4.69) is 5.32 Å². The summed E-state index contributed by atoms with van der Waals surface area (Å²) >= 11 is 0. The van der Waals surface area contributed by atoms with Crippen LogP contribution in [0.2, 0.25) is 0 Å². The monoisotopic (exact) mass is 466 g/mol. The summed E-state index contributed by atoms with van der Waals surface area (Å²) in [5.74, 6) is 1.76. The average Bonchev–Trinajstić information content (AvgIpc) is 2.78. The Morgan fingerprint density at radius 2 is 1.38 bits per heavy atom. The molecule has 2 rings (SSSR count). The molecule has 32 heavy (non-hydrogen) atoms. The number of nitrogens with one attached hydrogen (secondary N) is 1. The van der Waals surface area contributed by atoms with Crippen molar-refractivity contribution in [3.05, 3.63) is 59.7 Å². The third-order valence-corrected chi connectivity index (χ3v) is 4.15. The van der Waals surface area contributed by atoms with Crippen LogP contribution in [0.4, 0.5) is 0 Å². The van der Waals surface area contributed by atoms with Gasteiger partial charge in [-0.15, -0.1) is 12.4 Å². The molecule has 0 fully saturated rings. The molecule has 0 saturated heterocycles. The predicted octanol–water partition coefficient (Wildman–Crippen LogP) is 4.62. The Balaban J connectivity index is 0. The highest BCUT2D eigenvalue weighted by Gasteiger charge is 2.16. The first kappa shape index (κ1) is 31.8. The largest absolute Gasteiger partial charge is 0.497 e. The van der Waals surface area contributed by atoms with Crippen molar-refractivity contribution in [1.29, 1.82) is 0 Å². The van der Waals surface area contributed by atoms with Crippen molar-refractivity contribution < 1.29 is 19.1 Å². The molecule has 0 saturated carbocycles. The number of Topliss-reactive ketones (excluding diaryl/α,β-unsaturated/α-hetero) is 2. The number of ether oxygens (including phenoxy) is 2. The highest BCUT2D eigenvalue weighted by molar-refractivity contribution is 5.98. The summed E-state index contributed by atoms with van der Waals surface area (Å²) < 4.78 is 10.1. The number of benzene rings is 2. The molecule has 1 unspecified atom stereocenters. The minimum Gasteiger partial charge on any atom is -0.497 e. The summed E-state index contributed by atoms with van der Waals surface area (Å²) in [5.41, 5.74) is 1.44. The number of nitrogens with zero attached hydrogens (tertiary/aromatic N) is 1. The van der Waals surface area contributed by atoms with Crippen molar-refractivity contribution in [2.24, 2.45) is 5.92 Å². The van der Waals surface area contributed by atoms with E-state index < -0.39 is 0 Å². The highest BCUT2D eigenvalue weighted by atomic mass is 35.5. The average molecular weight is 467 g/mol. The molecule has 7 heteroatoms. The molecular formula is C25H39ClN2O4. The normalized spacial score (nSPS) is 10.4. The summed E-state index contributed by atoms with van der Waals surface area (Å²) in [5, 5.41) is 2.75. The maximum absolute atomic E-state index is 12.1. The van der Waals surface area contributed by atoms with Crippen LogP contribution in [0.25, 0.3) is 0 Å². The summed E-state index contributed by atoms with van der Waals surface area (Å²) in [6, 6.07) is 14.5. The number of hydrogen-bond acceptors (Lipinski definition) is 6. The van der Waals surface area contributed by atoms with Crippen molar-refractivity contribution in [2.75, 3.05) is 49.0 Å². The van der Waals surface area contributed by atoms with Crippen LogP contribution in [-0.2, 0) is 0 Å². The lowest BCUT2D eigenvalue weighted by atomic mass is 9.99. The van der Waals surface area contributed by atoms with Crippen molar-refractivity contribution in [3.63, 3.8) is 0 Å². The van der Waals surface area contributed by atoms with Crippen LogP contribution in [0, 0.1) is 5.92 Å². The van der Waals surface area contributed by atoms with Gasteiger partial charge in [-0.25, -0.2) is 0 Å². The lowest BCUT2D eigenvalue weighted by Crippen LogP contribution is -2.25. The number of halogens is 1. The van der Waals surface area contributed by atoms with E-state index in [4.69, 9.17) is 9.47 Å². The Bertz CT molecular complexity index is 797. The molecule has 2 aromatic rings. The van der Waals surface area contributed by atoms with Crippen LogP contribution in [0.15, 0.2) is 48.5 Å². The quantitative estimate of drug-likeness (QED) is 0.572. The minimum absolute atomic E-state index is 0. The molecule has 1 N–H and O–H groups in total. The molecule has 0 radical (unpaired) electrons. The molecule has 0 aromatic heterocycles. The molecule has 0 spiro atoms. The highest BCUT2D eigenvalue weighted by Crippen LogP contribution is 2.16. The molecule has 0 bridgehead atoms. The fourth-order valence-electron chi connectivity index (χ4n) is 2.69. The van der Waals surface area contributed by atoms with E-state index in [0.29, 0.717) is 12.0 Å². The van der Waals surface area contributed by atoms with Gasteiger partial charge in [-0.1, -0.05) is 38.1 Å². The van der Waals surface area contributed by atoms with Crippen molar-refractivity contribution in [2.45, 2.75) is 20.3 Å². The number of carbonyl (C=O) groups excluding carboxylic acids is 2. The maximum Gasteiger partial charge on any atom is 0.167 e. The molecule has 0 aliphatic carbocycles. The third kappa shape index (κ3) is 12.4. The maximum atomic E-state index is 12.1. The number of hydrogen-bond donors (Lipinski definition) is 1. The van der Waals surface area contributed by atoms with E-state index in [-0.39, 0.29) is 29.9 Å². The zero-order valence-electron chi connectivity index (χ0n) is 20.6. The van der Waals surface area contributed by atoms with Gasteiger partial charge < -0.3 is 19.7 Å². The lowest BCUT2D eigenvalue weighted by Gasteiger charge is -2.16. The van der Waals surface area contributed by atoms with E-state index >= 15 is 0 Å². The summed E-state index contributed by atoms with van der Waals surface area (Å²) in [6.07, 6.45) is 0.535. The molecule has 0 aliphatic rings. The van der Waals surface area contributed by atoms with Gasteiger partial charge in [-0.3, -0.25) is 9.59 Å². The second-order valence-electron chi connectivity index (χ2n) is 7.27. The van der Waals surface area contributed by atoms with Gasteiger partial charge in [-0.2, -0.15) is 0 Å². The van der Waals surface area contributed by atoms with Crippen molar-refractivity contribution in [3.8, 4) is 11.5 Å². The Kier molecular flexibility index (Phi) is 18.1. The Hall–Kier alpha value is -2.41. The number of ketones is 2. The van der Waals surface area contributed by atoms with Gasteiger partial charge in [0.2, 0.25) is 0 Å². The molecule has 180 valence electrons. The minimum atomic E-state index is 0. The van der Waals surface area contributed by atoms with E-state index in [1.165, 1.54) is 0 Å². The van der Waals surface area contributed by atoms with Crippen LogP contribution in [0.3, 0.4) is 0 Å². The van der Waals surface area contributed by atoms with Crippen LogP contribution in [0.5, 0.6) is 11.5 Å². The second kappa shape index (κ2) is 18.2. The van der Waals surface area contributed by atoms with Crippen molar-refractivity contribution >= 4 is 24.0 Å². The van der Waals surface area contributed by atoms with Gasteiger partial charge in [0.05, 0.1) is 14.2 Å². The van der Waals surface area contributed by atoms with E-state index in [1.54, 1.807) is 32.4 Å². The molecule has 6 nitrogen and oxygen atoms in total. The van der Waals surface area contributed by atoms with Gasteiger partial charge in [0.15, 0.2) is 11.6 Å². The Morgan fingerprint density at radius 1 is 0.938 bits per heavy atom. The van der Waals surface area contributed by atoms with Gasteiger partial charge in [0.25, 0.3) is 0 Å². The molecule has 1 atom stereocenters. The first-order chi connectivity index (χ1) is 14.7. The number of rotatable bonds is 8. The SMILES string of the molecule is CCC(=O)c1cccc(OC)c1.CNC.COc1cccc(C(=O)C(C)CN(C)C)c1.Cl. The second-order valence-corrected chi connectivity index (χ2v) is 7.27. The zero-order valence-corrected chi connectivity index (χ0v) is 21.4. The number of methoxy groups -OCH3 is 2. The van der Waals surface area contributed by atoms with Crippen LogP contribution < -0.4 is 14.8 Å². The Morgan fingerprint density at radius 3 is 1.78 bits per heavy atom. The lowest BCUT2D eigenvalue weighted by molar-refractivity contribution is 0.0909. The van der Waals surface area contributed by atoms with E-state index in [1.807, 2.05) is 77.3 Å². The van der Waals surface area contributed by atoms with E-state index in [9.17, 15) is 9.59 Å². The molecule has 0 amide bonds. The first-order valence-corrected chi connectivity index (χ1v) is 10.3. The molecule has 2 aromatic carbocycles. The first-order valence-electron chi connectivity index (χ1n) is 10.3. The van der Waals surface area contributed by atoms with Gasteiger partial charge in [0, 0.05) is 30.0 Å². The standard InChI is InChI=1S/C13H19NO2.C10H12O2.C2H7N.ClH/c1-10(9-14(2)3)13(15)11-6-5-7-12(8-11)16-4;1-3-10(11)8-5-4-6-9(7-8)12-2;1-3-2;/h5-8,10H,9H2,1-4H3;4-7H,3H2,1-2H3;3H,1-2H3;1H. The molecule has 0 heterocycles. The fraction of sp³-hybridized carbons (Fsp3) is 0.440. The van der Waals surface area contributed by atoms with Crippen molar-refractivity contribution in [1.82, 2.24) is 10.2 Å². The summed E-state index contributed by atoms with van der Waals surface area (Å²) in [7, 11) is 10.9. The zero-order chi connectivity index (χ0) is 23.8. The summed E-state index contributed by atoms with van der Waals surface area (Å²) in [6.45, 7) is 4.56. The summed E-state index contributed by atoms with van der Waals surface area (Å²) in [4.78, 5) is 25.3. The fourth-order valence-corrected chi connectivity index (χ4v) is 2.69. The van der Waals surface area contributed by atoms with Crippen LogP contribution in [0.1, 0.15) is 41.0 Å². The third-order valence-electron chi connectivity index (χ3n) is 4.15. The number of carbonyl (C=O) groups is 2. The smallest absolute Gasteiger partial charge is 0.167 e. The van der Waals surface area contributed by atoms with Crippen LogP contribution >= 0.6 is 12.4 Å². The van der Waals surface area contributed by atoms with Crippen LogP contribution in [-0.4, -0.2) is 65.4 Å². The van der Waals surface area contributed by atoms with E-state index in [0.717, 1.165) is 23.6 Å². The predicted molar refractivity (Wildman–Crippen MR) is 135 cm³/mol. The van der Waals surface area contributed by atoms with Gasteiger partial charge in [0.1, 0.15) is 11.5 Å². The molecular weight excluding hydrogens is 428 g/mol. The molecule has 0 aliphatic heterocycles. The van der Waals surface area contributed by atoms with Gasteiger partial charge >= 0.3 is 0 Å². The van der Waals surface area contributed by atoms with Gasteiger partial charge in [-0.05, 0) is 52.5 Å². The Labute approximate surface area is 199 Å². The topological polar surface area (TPSA) is 67.9 Å².